The normalized spacial score (nSPS) is 9.50. The van der Waals surface area contributed by atoms with Crippen molar-refractivity contribution in [1.29, 1.82) is 0 Å². The van der Waals surface area contributed by atoms with E-state index in [4.69, 9.17) is 4.74 Å². The van der Waals surface area contributed by atoms with Crippen LogP contribution in [0.3, 0.4) is 0 Å². The summed E-state index contributed by atoms with van der Waals surface area (Å²) in [4.78, 5) is 11.4. The van der Waals surface area contributed by atoms with Crippen molar-refractivity contribution in [3.63, 3.8) is 0 Å². The van der Waals surface area contributed by atoms with E-state index in [1.165, 1.54) is 0 Å². The predicted octanol–water partition coefficient (Wildman–Crippen LogP) is 3.10. The number of hydrogen-bond donors (Lipinski definition) is 1. The Kier molecular flexibility index (Phi) is 3.18. The number of carbonyl (C=O) groups excluding carboxylic acids is 1. The monoisotopic (exact) mass is 212 g/mol. The van der Waals surface area contributed by atoms with Crippen LogP contribution in [0.4, 0.5) is 10.5 Å². The van der Waals surface area contributed by atoms with Crippen LogP contribution in [0.25, 0.3) is 0 Å². The first-order valence-electron chi connectivity index (χ1n) is 4.84. The van der Waals surface area contributed by atoms with Gasteiger partial charge < -0.3 is 4.74 Å². The quantitative estimate of drug-likeness (QED) is 0.830. The van der Waals surface area contributed by atoms with E-state index in [1.54, 1.807) is 48.5 Å². The summed E-state index contributed by atoms with van der Waals surface area (Å²) < 4.78 is 5.06. The molecule has 0 saturated carbocycles. The highest BCUT2D eigenvalue weighted by atomic mass is 16.6. The van der Waals surface area contributed by atoms with Gasteiger partial charge in [-0.25, -0.2) is 4.79 Å². The highest BCUT2D eigenvalue weighted by Gasteiger charge is 2.03. The topological polar surface area (TPSA) is 38.3 Å². The molecule has 0 saturated heterocycles. The van der Waals surface area contributed by atoms with E-state index < -0.39 is 6.09 Å². The van der Waals surface area contributed by atoms with Crippen LogP contribution in [0.2, 0.25) is 0 Å². The summed E-state index contributed by atoms with van der Waals surface area (Å²) in [6.45, 7) is 0. The van der Waals surface area contributed by atoms with E-state index in [1.807, 2.05) is 6.07 Å². The molecule has 0 bridgehead atoms. The molecule has 0 fully saturated rings. The summed E-state index contributed by atoms with van der Waals surface area (Å²) >= 11 is 0. The fraction of sp³-hybridized carbons (Fsp3) is 0. The molecule has 1 radical (unpaired) electrons. The summed E-state index contributed by atoms with van der Waals surface area (Å²) in [5.41, 5.74) is 0.680. The van der Waals surface area contributed by atoms with Gasteiger partial charge >= 0.3 is 6.09 Å². The molecule has 0 unspecified atom stereocenters. The summed E-state index contributed by atoms with van der Waals surface area (Å²) in [6, 6.07) is 18.7. The van der Waals surface area contributed by atoms with E-state index in [-0.39, 0.29) is 0 Å². The third-order valence-corrected chi connectivity index (χ3v) is 1.92. The third-order valence-electron chi connectivity index (χ3n) is 1.92. The summed E-state index contributed by atoms with van der Waals surface area (Å²) in [5.74, 6) is 0.516. The number of nitrogens with one attached hydrogen (secondary N) is 1. The number of hydrogen-bond acceptors (Lipinski definition) is 2. The van der Waals surface area contributed by atoms with E-state index >= 15 is 0 Å². The zero-order valence-corrected chi connectivity index (χ0v) is 8.51. The van der Waals surface area contributed by atoms with E-state index in [9.17, 15) is 4.79 Å². The lowest BCUT2D eigenvalue weighted by molar-refractivity contribution is 0.215. The molecule has 0 heterocycles. The summed E-state index contributed by atoms with van der Waals surface area (Å²) in [5, 5.41) is 2.61. The van der Waals surface area contributed by atoms with Gasteiger partial charge in [-0.1, -0.05) is 30.3 Å². The first-order chi connectivity index (χ1) is 7.84. The Balaban J connectivity index is 1.95. The van der Waals surface area contributed by atoms with Crippen molar-refractivity contribution in [3.8, 4) is 5.75 Å². The molecule has 0 aliphatic heterocycles. The molecule has 79 valence electrons. The fourth-order valence-electron chi connectivity index (χ4n) is 1.21. The Morgan fingerprint density at radius 2 is 1.75 bits per heavy atom. The van der Waals surface area contributed by atoms with Crippen molar-refractivity contribution < 1.29 is 9.53 Å². The maximum atomic E-state index is 11.4. The van der Waals surface area contributed by atoms with Gasteiger partial charge in [-0.2, -0.15) is 0 Å². The zero-order valence-electron chi connectivity index (χ0n) is 8.51. The first kappa shape index (κ1) is 10.2. The van der Waals surface area contributed by atoms with Gasteiger partial charge in [0.15, 0.2) is 0 Å². The second-order valence-electron chi connectivity index (χ2n) is 3.12. The number of anilines is 1. The second-order valence-corrected chi connectivity index (χ2v) is 3.12. The van der Waals surface area contributed by atoms with E-state index in [2.05, 4.69) is 11.4 Å². The van der Waals surface area contributed by atoms with Gasteiger partial charge in [-0.3, -0.25) is 5.32 Å². The minimum Gasteiger partial charge on any atom is -0.410 e. The molecular weight excluding hydrogens is 202 g/mol. The van der Waals surface area contributed by atoms with Gasteiger partial charge in [-0.15, -0.1) is 0 Å². The molecule has 0 aromatic heterocycles. The highest BCUT2D eigenvalue weighted by Crippen LogP contribution is 2.10. The highest BCUT2D eigenvalue weighted by molar-refractivity contribution is 5.86. The van der Waals surface area contributed by atoms with Crippen LogP contribution in [0.15, 0.2) is 54.6 Å². The minimum atomic E-state index is -0.502. The van der Waals surface area contributed by atoms with Crippen molar-refractivity contribution in [1.82, 2.24) is 0 Å². The molecule has 2 rings (SSSR count). The summed E-state index contributed by atoms with van der Waals surface area (Å²) in [7, 11) is 0. The minimum absolute atomic E-state index is 0.502. The molecule has 3 heteroatoms. The number of para-hydroxylation sites is 1. The Morgan fingerprint density at radius 3 is 2.44 bits per heavy atom. The molecular formula is C13H10NO2. The molecule has 0 aliphatic carbocycles. The predicted molar refractivity (Wildman–Crippen MR) is 61.4 cm³/mol. The molecule has 2 aromatic carbocycles. The van der Waals surface area contributed by atoms with Crippen molar-refractivity contribution >= 4 is 11.8 Å². The molecule has 16 heavy (non-hydrogen) atoms. The van der Waals surface area contributed by atoms with Crippen molar-refractivity contribution in [2.24, 2.45) is 0 Å². The number of rotatable bonds is 2. The van der Waals surface area contributed by atoms with Crippen LogP contribution >= 0.6 is 0 Å². The molecule has 0 atom stereocenters. The van der Waals surface area contributed by atoms with Crippen LogP contribution in [-0.4, -0.2) is 6.09 Å². The van der Waals surface area contributed by atoms with Gasteiger partial charge in [0.05, 0.1) is 0 Å². The lowest BCUT2D eigenvalue weighted by Gasteiger charge is -2.05. The van der Waals surface area contributed by atoms with Crippen molar-refractivity contribution in [2.75, 3.05) is 5.32 Å². The van der Waals surface area contributed by atoms with Crippen molar-refractivity contribution in [3.05, 3.63) is 60.7 Å². The van der Waals surface area contributed by atoms with Crippen LogP contribution in [-0.2, 0) is 0 Å². The molecule has 0 spiro atoms. The zero-order chi connectivity index (χ0) is 11.2. The van der Waals surface area contributed by atoms with Gasteiger partial charge in [0, 0.05) is 5.69 Å². The number of amides is 1. The average Bonchev–Trinajstić information content (AvgIpc) is 2.31. The lowest BCUT2D eigenvalue weighted by Crippen LogP contribution is -2.16. The Hall–Kier alpha value is -2.29. The lowest BCUT2D eigenvalue weighted by atomic mass is 10.3. The molecule has 2 aromatic rings. The standard InChI is InChI=1S/C13H10NO2/c15-13(14-11-7-3-1-4-8-11)16-12-9-5-2-6-10-12/h2-10H,(H,14,15). The Labute approximate surface area is 93.7 Å². The Morgan fingerprint density at radius 1 is 1.06 bits per heavy atom. The van der Waals surface area contributed by atoms with Gasteiger partial charge in [0.25, 0.3) is 0 Å². The third kappa shape index (κ3) is 2.85. The molecule has 1 N–H and O–H groups in total. The van der Waals surface area contributed by atoms with Crippen LogP contribution in [0.1, 0.15) is 0 Å². The van der Waals surface area contributed by atoms with E-state index in [0.717, 1.165) is 0 Å². The maximum Gasteiger partial charge on any atom is 0.417 e. The largest absolute Gasteiger partial charge is 0.417 e. The Bertz CT molecular complexity index is 410. The van der Waals surface area contributed by atoms with Gasteiger partial charge in [0.2, 0.25) is 0 Å². The summed E-state index contributed by atoms with van der Waals surface area (Å²) in [6.07, 6.45) is -0.502. The number of benzene rings is 2. The van der Waals surface area contributed by atoms with Crippen LogP contribution < -0.4 is 10.1 Å². The molecule has 3 nitrogen and oxygen atoms in total. The fourth-order valence-corrected chi connectivity index (χ4v) is 1.21. The number of ether oxygens (including phenoxy) is 1. The second kappa shape index (κ2) is 4.98. The molecule has 1 amide bonds. The number of carbonyl (C=O) groups is 1. The van der Waals surface area contributed by atoms with Crippen LogP contribution in [0.5, 0.6) is 5.75 Å². The van der Waals surface area contributed by atoms with Crippen molar-refractivity contribution in [2.45, 2.75) is 0 Å². The van der Waals surface area contributed by atoms with Gasteiger partial charge in [-0.05, 0) is 30.3 Å². The van der Waals surface area contributed by atoms with E-state index in [0.29, 0.717) is 11.4 Å². The van der Waals surface area contributed by atoms with Gasteiger partial charge in [0.1, 0.15) is 5.75 Å². The average molecular weight is 212 g/mol. The van der Waals surface area contributed by atoms with Crippen LogP contribution in [0, 0.1) is 6.07 Å². The smallest absolute Gasteiger partial charge is 0.410 e. The molecule has 0 aliphatic rings. The maximum absolute atomic E-state index is 11.4. The first-order valence-corrected chi connectivity index (χ1v) is 4.84. The SMILES string of the molecule is O=C(Nc1cc[c]cc1)Oc1ccccc1.